The summed E-state index contributed by atoms with van der Waals surface area (Å²) in [5.74, 6) is 0. The molecule has 0 aliphatic rings. The Balaban J connectivity index is 2.22. The molecule has 72 valence electrons. The molecular weight excluding hydrogens is 208 g/mol. The van der Waals surface area contributed by atoms with Gasteiger partial charge in [-0.25, -0.2) is 15.0 Å². The van der Waals surface area contributed by atoms with E-state index in [0.29, 0.717) is 5.56 Å². The summed E-state index contributed by atoms with van der Waals surface area (Å²) in [6.07, 6.45) is 4.77. The van der Waals surface area contributed by atoms with Gasteiger partial charge in [0.25, 0.3) is 0 Å². The van der Waals surface area contributed by atoms with Gasteiger partial charge in [0, 0.05) is 12.4 Å². The highest BCUT2D eigenvalue weighted by Crippen LogP contribution is 2.23. The lowest BCUT2D eigenvalue weighted by molar-refractivity contribution is 1.04. The fourth-order valence-electron chi connectivity index (χ4n) is 0.981. The number of hydrogen-bond acceptors (Lipinski definition) is 5. The molecule has 2 rings (SSSR count). The van der Waals surface area contributed by atoms with Crippen LogP contribution in [0.3, 0.4) is 0 Å². The number of rotatable bonds is 2. The molecule has 0 aromatic carbocycles. The minimum atomic E-state index is 0.599. The molecule has 0 aliphatic heterocycles. The molecule has 0 atom stereocenters. The van der Waals surface area contributed by atoms with Gasteiger partial charge in [-0.1, -0.05) is 0 Å². The Bertz CT molecular complexity index is 492. The zero-order valence-corrected chi connectivity index (χ0v) is 8.48. The van der Waals surface area contributed by atoms with Gasteiger partial charge in [-0.05, 0) is 30.0 Å². The molecule has 5 heteroatoms. The zero-order chi connectivity index (χ0) is 10.5. The molecule has 2 heterocycles. The molecule has 0 amide bonds. The van der Waals surface area contributed by atoms with Crippen molar-refractivity contribution in [3.63, 3.8) is 0 Å². The molecule has 2 aromatic heterocycles. The van der Waals surface area contributed by atoms with Crippen LogP contribution in [0.25, 0.3) is 0 Å². The minimum absolute atomic E-state index is 0.599. The Hall–Kier alpha value is -1.93. The van der Waals surface area contributed by atoms with E-state index in [1.54, 1.807) is 30.6 Å². The Morgan fingerprint density at radius 3 is 2.80 bits per heavy atom. The van der Waals surface area contributed by atoms with E-state index in [2.05, 4.69) is 21.0 Å². The largest absolute Gasteiger partial charge is 0.249 e. The molecule has 2 aromatic rings. The Kier molecular flexibility index (Phi) is 2.90. The number of nitrogens with zero attached hydrogens (tertiary/aromatic N) is 4. The fourth-order valence-corrected chi connectivity index (χ4v) is 1.72. The first-order valence-electron chi connectivity index (χ1n) is 4.18. The summed E-state index contributed by atoms with van der Waals surface area (Å²) in [4.78, 5) is 12.0. The topological polar surface area (TPSA) is 62.5 Å². The minimum Gasteiger partial charge on any atom is -0.249 e. The number of aromatic nitrogens is 3. The molecule has 15 heavy (non-hydrogen) atoms. The predicted molar refractivity (Wildman–Crippen MR) is 55.1 cm³/mol. The van der Waals surface area contributed by atoms with Gasteiger partial charge in [0.1, 0.15) is 16.4 Å². The van der Waals surface area contributed by atoms with Crippen LogP contribution in [0.4, 0.5) is 0 Å². The predicted octanol–water partition coefficient (Wildman–Crippen LogP) is 1.89. The summed E-state index contributed by atoms with van der Waals surface area (Å²) in [7, 11) is 0. The van der Waals surface area contributed by atoms with Gasteiger partial charge in [0.2, 0.25) is 0 Å². The molecule has 0 fully saturated rings. The number of pyridine rings is 1. The molecule has 0 unspecified atom stereocenters. The molecule has 0 bridgehead atoms. The van der Waals surface area contributed by atoms with Gasteiger partial charge in [-0.15, -0.1) is 0 Å². The van der Waals surface area contributed by atoms with Crippen LogP contribution in [0.15, 0.2) is 47.0 Å². The Morgan fingerprint density at radius 2 is 2.07 bits per heavy atom. The molecule has 0 N–H and O–H groups in total. The van der Waals surface area contributed by atoms with Crippen molar-refractivity contribution in [1.29, 1.82) is 5.26 Å². The first kappa shape index (κ1) is 9.62. The zero-order valence-electron chi connectivity index (χ0n) is 7.66. The third kappa shape index (κ3) is 2.51. The summed E-state index contributed by atoms with van der Waals surface area (Å²) >= 11 is 1.40. The van der Waals surface area contributed by atoms with Gasteiger partial charge in [-0.2, -0.15) is 5.26 Å². The Morgan fingerprint density at radius 1 is 1.13 bits per heavy atom. The van der Waals surface area contributed by atoms with Gasteiger partial charge in [0.15, 0.2) is 0 Å². The van der Waals surface area contributed by atoms with E-state index in [0.717, 1.165) is 10.1 Å². The summed E-state index contributed by atoms with van der Waals surface area (Å²) in [6, 6.07) is 7.26. The lowest BCUT2D eigenvalue weighted by Crippen LogP contribution is -1.84. The van der Waals surface area contributed by atoms with E-state index in [1.165, 1.54) is 18.1 Å². The van der Waals surface area contributed by atoms with Crippen molar-refractivity contribution in [3.05, 3.63) is 42.5 Å². The van der Waals surface area contributed by atoms with Crippen LogP contribution in [-0.4, -0.2) is 15.0 Å². The second-order valence-corrected chi connectivity index (χ2v) is 3.68. The van der Waals surface area contributed by atoms with Gasteiger partial charge < -0.3 is 0 Å². The summed E-state index contributed by atoms with van der Waals surface area (Å²) in [6.45, 7) is 0. The molecule has 0 radical (unpaired) electrons. The average Bonchev–Trinajstić information content (AvgIpc) is 2.31. The summed E-state index contributed by atoms with van der Waals surface area (Å²) < 4.78 is 0. The third-order valence-corrected chi connectivity index (χ3v) is 2.51. The fraction of sp³-hybridized carbons (Fsp3) is 0. The van der Waals surface area contributed by atoms with Gasteiger partial charge >= 0.3 is 0 Å². The lowest BCUT2D eigenvalue weighted by atomic mass is 10.3. The van der Waals surface area contributed by atoms with Crippen molar-refractivity contribution in [2.75, 3.05) is 0 Å². The van der Waals surface area contributed by atoms with E-state index in [1.807, 2.05) is 0 Å². The molecule has 0 spiro atoms. The summed E-state index contributed by atoms with van der Waals surface area (Å²) in [5.41, 5.74) is 0.599. The maximum absolute atomic E-state index is 8.72. The maximum atomic E-state index is 8.72. The highest BCUT2D eigenvalue weighted by atomic mass is 32.2. The van der Waals surface area contributed by atoms with Crippen molar-refractivity contribution >= 4 is 11.8 Å². The number of hydrogen-bond donors (Lipinski definition) is 0. The smallest absolute Gasteiger partial charge is 0.116 e. The molecule has 4 nitrogen and oxygen atoms in total. The van der Waals surface area contributed by atoms with Crippen LogP contribution in [0.1, 0.15) is 5.56 Å². The van der Waals surface area contributed by atoms with Crippen molar-refractivity contribution in [2.45, 2.75) is 10.1 Å². The quantitative estimate of drug-likeness (QED) is 0.714. The highest BCUT2D eigenvalue weighted by molar-refractivity contribution is 7.99. The van der Waals surface area contributed by atoms with Crippen LogP contribution in [0.2, 0.25) is 0 Å². The van der Waals surface area contributed by atoms with Gasteiger partial charge in [0.05, 0.1) is 11.6 Å². The first-order chi connectivity index (χ1) is 7.38. The van der Waals surface area contributed by atoms with Crippen molar-refractivity contribution in [3.8, 4) is 6.07 Å². The SMILES string of the molecule is N#Cc1ccnc(Sc2ccncn2)c1. The molecule has 0 aliphatic carbocycles. The maximum Gasteiger partial charge on any atom is 0.116 e. The molecular formula is C10H6N4S. The van der Waals surface area contributed by atoms with Crippen molar-refractivity contribution in [1.82, 2.24) is 15.0 Å². The van der Waals surface area contributed by atoms with Crippen molar-refractivity contribution in [2.24, 2.45) is 0 Å². The van der Waals surface area contributed by atoms with Crippen LogP contribution >= 0.6 is 11.8 Å². The second kappa shape index (κ2) is 4.53. The van der Waals surface area contributed by atoms with Crippen LogP contribution in [0.5, 0.6) is 0 Å². The van der Waals surface area contributed by atoms with Crippen LogP contribution in [0, 0.1) is 11.3 Å². The van der Waals surface area contributed by atoms with E-state index in [9.17, 15) is 0 Å². The van der Waals surface area contributed by atoms with Gasteiger partial charge in [-0.3, -0.25) is 0 Å². The van der Waals surface area contributed by atoms with E-state index < -0.39 is 0 Å². The molecule has 0 saturated heterocycles. The van der Waals surface area contributed by atoms with Crippen LogP contribution < -0.4 is 0 Å². The van der Waals surface area contributed by atoms with Crippen LogP contribution in [-0.2, 0) is 0 Å². The number of nitriles is 1. The lowest BCUT2D eigenvalue weighted by Gasteiger charge is -1.98. The monoisotopic (exact) mass is 214 g/mol. The second-order valence-electron chi connectivity index (χ2n) is 2.64. The normalized spacial score (nSPS) is 9.53. The third-order valence-electron chi connectivity index (χ3n) is 1.63. The Labute approximate surface area is 91.0 Å². The van der Waals surface area contributed by atoms with Crippen molar-refractivity contribution < 1.29 is 0 Å². The van der Waals surface area contributed by atoms with E-state index in [-0.39, 0.29) is 0 Å². The average molecular weight is 214 g/mol. The van der Waals surface area contributed by atoms with E-state index in [4.69, 9.17) is 5.26 Å². The standard InChI is InChI=1S/C10H6N4S/c11-6-8-1-4-13-10(5-8)15-9-2-3-12-7-14-9/h1-5,7H. The highest BCUT2D eigenvalue weighted by Gasteiger charge is 2.00. The van der Waals surface area contributed by atoms with E-state index >= 15 is 0 Å². The first-order valence-corrected chi connectivity index (χ1v) is 5.00. The molecule has 0 saturated carbocycles. The summed E-state index contributed by atoms with van der Waals surface area (Å²) in [5, 5.41) is 10.3.